The van der Waals surface area contributed by atoms with Crippen LogP contribution in [0.5, 0.6) is 0 Å². The lowest BCUT2D eigenvalue weighted by Gasteiger charge is -2.06. The normalized spacial score (nSPS) is 10.7. The minimum atomic E-state index is -0.408. The van der Waals surface area contributed by atoms with Crippen LogP contribution in [0.1, 0.15) is 57.8 Å². The summed E-state index contributed by atoms with van der Waals surface area (Å²) in [5.41, 5.74) is 2.07. The maximum atomic E-state index is 12.4. The summed E-state index contributed by atoms with van der Waals surface area (Å²) in [6, 6.07) is 9.11. The summed E-state index contributed by atoms with van der Waals surface area (Å²) in [4.78, 5) is 25.5. The van der Waals surface area contributed by atoms with Crippen LogP contribution >= 0.6 is 11.3 Å². The molecule has 0 fully saturated rings. The fourth-order valence-corrected chi connectivity index (χ4v) is 3.07. The number of nitrogens with one attached hydrogen (secondary N) is 1. The van der Waals surface area contributed by atoms with Crippen molar-refractivity contribution in [1.82, 2.24) is 0 Å². The third-order valence-electron chi connectivity index (χ3n) is 3.36. The van der Waals surface area contributed by atoms with Gasteiger partial charge in [-0.15, -0.1) is 11.3 Å². The molecule has 5 heteroatoms. The van der Waals surface area contributed by atoms with E-state index in [1.165, 1.54) is 11.3 Å². The van der Waals surface area contributed by atoms with Crippen LogP contribution in [0.15, 0.2) is 30.3 Å². The molecule has 0 atom stereocenters. The van der Waals surface area contributed by atoms with E-state index in [4.69, 9.17) is 4.74 Å². The molecule has 0 saturated carbocycles. The molecule has 0 aliphatic heterocycles. The molecule has 0 radical (unpaired) electrons. The van der Waals surface area contributed by atoms with Gasteiger partial charge >= 0.3 is 5.97 Å². The van der Waals surface area contributed by atoms with Crippen molar-refractivity contribution in [3.63, 3.8) is 0 Å². The van der Waals surface area contributed by atoms with Crippen molar-refractivity contribution in [2.45, 2.75) is 33.6 Å². The first-order valence-corrected chi connectivity index (χ1v) is 8.42. The number of hydrogen-bond donors (Lipinski definition) is 1. The molecule has 1 aromatic carbocycles. The number of aryl methyl sites for hydroxylation is 1. The summed E-state index contributed by atoms with van der Waals surface area (Å²) in [6.07, 6.45) is 0. The standard InChI is InChI=1S/C18H21NO3S/c1-5-22-18(21)14-10-15(11(2)3)23-17(14)19-16(20)13-8-6-12(4)7-9-13/h6-11H,5H2,1-4H3,(H,19,20). The van der Waals surface area contributed by atoms with E-state index in [1.807, 2.05) is 32.9 Å². The molecule has 4 nitrogen and oxygen atoms in total. The largest absolute Gasteiger partial charge is 0.462 e. The molecule has 0 unspecified atom stereocenters. The molecule has 0 spiro atoms. The van der Waals surface area contributed by atoms with E-state index in [0.29, 0.717) is 22.7 Å². The zero-order valence-corrected chi connectivity index (χ0v) is 14.6. The van der Waals surface area contributed by atoms with Crippen molar-refractivity contribution in [2.75, 3.05) is 11.9 Å². The second kappa shape index (κ2) is 7.42. The molecule has 1 amide bonds. The Balaban J connectivity index is 2.28. The molecule has 1 aromatic heterocycles. The third kappa shape index (κ3) is 4.20. The Morgan fingerprint density at radius 1 is 1.22 bits per heavy atom. The van der Waals surface area contributed by atoms with Crippen molar-refractivity contribution in [3.8, 4) is 0 Å². The smallest absolute Gasteiger partial charge is 0.341 e. The van der Waals surface area contributed by atoms with E-state index >= 15 is 0 Å². The van der Waals surface area contributed by atoms with E-state index in [-0.39, 0.29) is 11.8 Å². The number of benzene rings is 1. The monoisotopic (exact) mass is 331 g/mol. The quantitative estimate of drug-likeness (QED) is 0.814. The maximum Gasteiger partial charge on any atom is 0.341 e. The van der Waals surface area contributed by atoms with Crippen molar-refractivity contribution in [1.29, 1.82) is 0 Å². The SMILES string of the molecule is CCOC(=O)c1cc(C(C)C)sc1NC(=O)c1ccc(C)cc1. The Kier molecular flexibility index (Phi) is 5.55. The highest BCUT2D eigenvalue weighted by Crippen LogP contribution is 2.33. The lowest BCUT2D eigenvalue weighted by atomic mass is 10.1. The molecular formula is C18H21NO3S. The zero-order valence-electron chi connectivity index (χ0n) is 13.8. The second-order valence-electron chi connectivity index (χ2n) is 5.59. The highest BCUT2D eigenvalue weighted by atomic mass is 32.1. The van der Waals surface area contributed by atoms with Crippen molar-refractivity contribution in [3.05, 3.63) is 51.9 Å². The fourth-order valence-electron chi connectivity index (χ4n) is 2.03. The van der Waals surface area contributed by atoms with Gasteiger partial charge in [-0.25, -0.2) is 4.79 Å². The van der Waals surface area contributed by atoms with Gasteiger partial charge in [0, 0.05) is 10.4 Å². The van der Waals surface area contributed by atoms with Gasteiger partial charge in [0.25, 0.3) is 5.91 Å². The predicted octanol–water partition coefficient (Wildman–Crippen LogP) is 4.61. The summed E-state index contributed by atoms with van der Waals surface area (Å²) in [5, 5.41) is 3.38. The number of carbonyl (C=O) groups is 2. The van der Waals surface area contributed by atoms with Crippen LogP contribution in [0.2, 0.25) is 0 Å². The van der Waals surface area contributed by atoms with Gasteiger partial charge in [-0.3, -0.25) is 4.79 Å². The lowest BCUT2D eigenvalue weighted by molar-refractivity contribution is 0.0528. The Morgan fingerprint density at radius 3 is 2.43 bits per heavy atom. The van der Waals surface area contributed by atoms with Crippen LogP contribution in [0, 0.1) is 6.92 Å². The summed E-state index contributed by atoms with van der Waals surface area (Å²) < 4.78 is 5.08. The number of ether oxygens (including phenoxy) is 1. The van der Waals surface area contributed by atoms with E-state index in [1.54, 1.807) is 25.1 Å². The summed E-state index contributed by atoms with van der Waals surface area (Å²) in [7, 11) is 0. The molecular weight excluding hydrogens is 310 g/mol. The van der Waals surface area contributed by atoms with Crippen LogP contribution < -0.4 is 5.32 Å². The molecule has 23 heavy (non-hydrogen) atoms. The Morgan fingerprint density at radius 2 is 1.87 bits per heavy atom. The van der Waals surface area contributed by atoms with Crippen LogP contribution in [-0.4, -0.2) is 18.5 Å². The second-order valence-corrected chi connectivity index (χ2v) is 6.67. The minimum absolute atomic E-state index is 0.229. The van der Waals surface area contributed by atoms with Crippen LogP contribution in [0.4, 0.5) is 5.00 Å². The van der Waals surface area contributed by atoms with Gasteiger partial charge in [-0.2, -0.15) is 0 Å². The van der Waals surface area contributed by atoms with Crippen molar-refractivity contribution >= 4 is 28.2 Å². The van der Waals surface area contributed by atoms with Gasteiger partial charge in [0.05, 0.1) is 12.2 Å². The molecule has 0 aliphatic rings. The van der Waals surface area contributed by atoms with E-state index in [0.717, 1.165) is 10.4 Å². The summed E-state index contributed by atoms with van der Waals surface area (Å²) in [5.74, 6) is -0.360. The number of amides is 1. The van der Waals surface area contributed by atoms with Gasteiger partial charge in [-0.05, 0) is 38.0 Å². The number of anilines is 1. The topological polar surface area (TPSA) is 55.4 Å². The first-order chi connectivity index (χ1) is 10.9. The Labute approximate surface area is 140 Å². The summed E-state index contributed by atoms with van der Waals surface area (Å²) >= 11 is 1.42. The molecule has 0 saturated heterocycles. The van der Waals surface area contributed by atoms with Gasteiger partial charge in [0.1, 0.15) is 5.00 Å². The molecule has 2 rings (SSSR count). The molecule has 1 N–H and O–H groups in total. The van der Waals surface area contributed by atoms with E-state index in [2.05, 4.69) is 5.32 Å². The van der Waals surface area contributed by atoms with E-state index in [9.17, 15) is 9.59 Å². The Bertz CT molecular complexity index is 702. The third-order valence-corrected chi connectivity index (χ3v) is 4.71. The van der Waals surface area contributed by atoms with Crippen molar-refractivity contribution in [2.24, 2.45) is 0 Å². The van der Waals surface area contributed by atoms with Gasteiger partial charge in [0.2, 0.25) is 0 Å². The molecule has 0 aliphatic carbocycles. The zero-order chi connectivity index (χ0) is 17.0. The molecule has 2 aromatic rings. The van der Waals surface area contributed by atoms with Gasteiger partial charge in [0.15, 0.2) is 0 Å². The maximum absolute atomic E-state index is 12.4. The van der Waals surface area contributed by atoms with Crippen LogP contribution in [0.25, 0.3) is 0 Å². The Hall–Kier alpha value is -2.14. The number of esters is 1. The van der Waals surface area contributed by atoms with Gasteiger partial charge < -0.3 is 10.1 Å². The number of carbonyl (C=O) groups excluding carboxylic acids is 2. The fraction of sp³-hybridized carbons (Fsp3) is 0.333. The highest BCUT2D eigenvalue weighted by molar-refractivity contribution is 7.16. The highest BCUT2D eigenvalue weighted by Gasteiger charge is 2.20. The predicted molar refractivity (Wildman–Crippen MR) is 93.5 cm³/mol. The number of rotatable bonds is 5. The first kappa shape index (κ1) is 17.2. The first-order valence-electron chi connectivity index (χ1n) is 7.61. The summed E-state index contributed by atoms with van der Waals surface area (Å²) in [6.45, 7) is 8.13. The number of thiophene rings is 1. The average Bonchev–Trinajstić information content (AvgIpc) is 2.92. The lowest BCUT2D eigenvalue weighted by Crippen LogP contribution is -2.14. The van der Waals surface area contributed by atoms with E-state index < -0.39 is 5.97 Å². The van der Waals surface area contributed by atoms with Gasteiger partial charge in [-0.1, -0.05) is 31.5 Å². The molecule has 122 valence electrons. The minimum Gasteiger partial charge on any atom is -0.462 e. The molecule has 1 heterocycles. The van der Waals surface area contributed by atoms with Crippen LogP contribution in [-0.2, 0) is 4.74 Å². The van der Waals surface area contributed by atoms with Crippen LogP contribution in [0.3, 0.4) is 0 Å². The number of hydrogen-bond acceptors (Lipinski definition) is 4. The van der Waals surface area contributed by atoms with Crippen molar-refractivity contribution < 1.29 is 14.3 Å². The molecule has 0 bridgehead atoms. The average molecular weight is 331 g/mol.